The highest BCUT2D eigenvalue weighted by molar-refractivity contribution is 6.03. The quantitative estimate of drug-likeness (QED) is 0.259. The monoisotopic (exact) mass is 602 g/mol. The molecule has 10 heteroatoms. The fourth-order valence-corrected chi connectivity index (χ4v) is 5.33. The van der Waals surface area contributed by atoms with E-state index in [-0.39, 0.29) is 36.5 Å². The molecule has 2 N–H and O–H groups in total. The number of esters is 1. The molecule has 2 aromatic carbocycles. The Morgan fingerprint density at radius 1 is 1.05 bits per heavy atom. The number of benzene rings is 2. The number of Topliss-reactive ketones (excluding diaryl/α,β-unsaturated/α-hetero) is 1. The highest BCUT2D eigenvalue weighted by Crippen LogP contribution is 2.37. The summed E-state index contributed by atoms with van der Waals surface area (Å²) in [4.78, 5) is 56.0. The van der Waals surface area contributed by atoms with Gasteiger partial charge in [-0.05, 0) is 30.5 Å². The number of hydrogen-bond donors (Lipinski definition) is 2. The van der Waals surface area contributed by atoms with Crippen molar-refractivity contribution in [3.05, 3.63) is 66.2 Å². The lowest BCUT2D eigenvalue weighted by molar-refractivity contribution is -0.146. The van der Waals surface area contributed by atoms with Crippen LogP contribution in [0.4, 0.5) is 0 Å². The van der Waals surface area contributed by atoms with Crippen LogP contribution in [0, 0.1) is 17.8 Å². The summed E-state index contributed by atoms with van der Waals surface area (Å²) in [5.74, 6) is -3.60. The Hall–Kier alpha value is -4.73. The topological polar surface area (TPSA) is 141 Å². The van der Waals surface area contributed by atoms with Gasteiger partial charge in [0.25, 0.3) is 0 Å². The van der Waals surface area contributed by atoms with Crippen molar-refractivity contribution < 1.29 is 38.5 Å². The molecule has 3 aromatic rings. The lowest BCUT2D eigenvalue weighted by atomic mass is 9.88. The maximum atomic E-state index is 13.6. The first-order valence-corrected chi connectivity index (χ1v) is 14.6. The third kappa shape index (κ3) is 7.24. The van der Waals surface area contributed by atoms with Gasteiger partial charge in [-0.2, -0.15) is 0 Å². The molecule has 0 saturated carbocycles. The Balaban J connectivity index is 1.72. The lowest BCUT2D eigenvalue weighted by Gasteiger charge is -2.22. The summed E-state index contributed by atoms with van der Waals surface area (Å²) >= 11 is 0. The minimum Gasteiger partial charge on any atom is -0.497 e. The molecular formula is C34H38N2O8. The molecule has 1 aromatic heterocycles. The van der Waals surface area contributed by atoms with Crippen molar-refractivity contribution in [3.63, 3.8) is 0 Å². The number of aliphatic carboxylic acids is 1. The predicted molar refractivity (Wildman–Crippen MR) is 164 cm³/mol. The molecule has 0 fully saturated rings. The molecule has 0 radical (unpaired) electrons. The highest BCUT2D eigenvalue weighted by Gasteiger charge is 2.39. The van der Waals surface area contributed by atoms with E-state index in [1.165, 1.54) is 7.11 Å². The first kappa shape index (κ1) is 32.2. The van der Waals surface area contributed by atoms with E-state index >= 15 is 0 Å². The number of carboxylic acids is 1. The molecule has 232 valence electrons. The summed E-state index contributed by atoms with van der Waals surface area (Å²) < 4.78 is 16.8. The summed E-state index contributed by atoms with van der Waals surface area (Å²) in [6.45, 7) is 5.24. The summed E-state index contributed by atoms with van der Waals surface area (Å²) in [7, 11) is 2.81. The van der Waals surface area contributed by atoms with E-state index in [0.717, 1.165) is 5.56 Å². The number of fused-ring (bicyclic) bond motifs is 1. The number of amides is 1. The zero-order valence-electron chi connectivity index (χ0n) is 25.5. The van der Waals surface area contributed by atoms with Crippen LogP contribution in [0.2, 0.25) is 0 Å². The zero-order chi connectivity index (χ0) is 32.0. The van der Waals surface area contributed by atoms with Gasteiger partial charge < -0.3 is 24.6 Å². The fraction of sp³-hybridized carbons (Fsp3) is 0.382. The highest BCUT2D eigenvalue weighted by atomic mass is 16.5. The van der Waals surface area contributed by atoms with Gasteiger partial charge in [0.05, 0.1) is 37.3 Å². The van der Waals surface area contributed by atoms with Gasteiger partial charge in [0.15, 0.2) is 0 Å². The number of hydrogen-bond acceptors (Lipinski definition) is 8. The smallest absolute Gasteiger partial charge is 0.328 e. The SMILES string of the molecule is CC[C@H](CC(=O)C1CC(Oc2cc(-c3ccccc3)nc3cc(OC)ccc23)C=C1C(=O)N[C@H](C(=O)OC)C(C)C)C(=O)O. The summed E-state index contributed by atoms with van der Waals surface area (Å²) in [6, 6.07) is 15.9. The molecule has 10 nitrogen and oxygen atoms in total. The summed E-state index contributed by atoms with van der Waals surface area (Å²) in [6.07, 6.45) is 1.07. The van der Waals surface area contributed by atoms with Crippen molar-refractivity contribution in [2.45, 2.75) is 52.2 Å². The average Bonchev–Trinajstić information content (AvgIpc) is 3.45. The average molecular weight is 603 g/mol. The molecule has 0 aliphatic heterocycles. The van der Waals surface area contributed by atoms with Crippen molar-refractivity contribution in [1.29, 1.82) is 0 Å². The van der Waals surface area contributed by atoms with Crippen molar-refractivity contribution in [3.8, 4) is 22.8 Å². The number of carboxylic acid groups (broad SMARTS) is 1. The van der Waals surface area contributed by atoms with E-state index in [9.17, 15) is 24.3 Å². The molecule has 4 atom stereocenters. The number of nitrogens with zero attached hydrogens (tertiary/aromatic N) is 1. The Labute approximate surface area is 256 Å². The fourth-order valence-electron chi connectivity index (χ4n) is 5.33. The number of carbonyl (C=O) groups excluding carboxylic acids is 3. The minimum absolute atomic E-state index is 0.128. The van der Waals surface area contributed by atoms with Crippen molar-refractivity contribution in [2.24, 2.45) is 17.8 Å². The first-order valence-electron chi connectivity index (χ1n) is 14.6. The van der Waals surface area contributed by atoms with E-state index in [1.807, 2.05) is 42.5 Å². The van der Waals surface area contributed by atoms with Crippen LogP contribution in [-0.2, 0) is 23.9 Å². The van der Waals surface area contributed by atoms with E-state index in [1.54, 1.807) is 46.1 Å². The third-order valence-corrected chi connectivity index (χ3v) is 7.88. The molecular weight excluding hydrogens is 564 g/mol. The number of rotatable bonds is 13. The van der Waals surface area contributed by atoms with Crippen LogP contribution >= 0.6 is 0 Å². The zero-order valence-corrected chi connectivity index (χ0v) is 25.5. The molecule has 0 bridgehead atoms. The second-order valence-corrected chi connectivity index (χ2v) is 11.2. The van der Waals surface area contributed by atoms with E-state index < -0.39 is 41.8 Å². The molecule has 2 unspecified atom stereocenters. The maximum Gasteiger partial charge on any atom is 0.328 e. The number of pyridine rings is 1. The first-order chi connectivity index (χ1) is 21.1. The number of aromatic nitrogens is 1. The second-order valence-electron chi connectivity index (χ2n) is 11.2. The number of carbonyl (C=O) groups is 4. The van der Waals surface area contributed by atoms with Crippen molar-refractivity contribution in [2.75, 3.05) is 14.2 Å². The van der Waals surface area contributed by atoms with Crippen molar-refractivity contribution >= 4 is 34.5 Å². The van der Waals surface area contributed by atoms with Gasteiger partial charge in [-0.1, -0.05) is 51.1 Å². The molecule has 1 aliphatic rings. The predicted octanol–water partition coefficient (Wildman–Crippen LogP) is 4.99. The van der Waals surface area contributed by atoms with Gasteiger partial charge in [-0.25, -0.2) is 9.78 Å². The number of nitrogens with one attached hydrogen (secondary N) is 1. The minimum atomic E-state index is -1.07. The molecule has 4 rings (SSSR count). The Morgan fingerprint density at radius 2 is 1.77 bits per heavy atom. The summed E-state index contributed by atoms with van der Waals surface area (Å²) in [5.41, 5.74) is 2.31. The van der Waals surface area contributed by atoms with Gasteiger partial charge in [0.2, 0.25) is 5.91 Å². The van der Waals surface area contributed by atoms with Gasteiger partial charge in [0, 0.05) is 41.5 Å². The second kappa shape index (κ2) is 14.2. The van der Waals surface area contributed by atoms with Crippen LogP contribution in [0.5, 0.6) is 11.5 Å². The van der Waals surface area contributed by atoms with E-state index in [2.05, 4.69) is 5.32 Å². The van der Waals surface area contributed by atoms with Crippen LogP contribution in [-0.4, -0.2) is 60.1 Å². The Bertz CT molecular complexity index is 1570. The number of ketones is 1. The summed E-state index contributed by atoms with van der Waals surface area (Å²) in [5, 5.41) is 13.0. The molecule has 44 heavy (non-hydrogen) atoms. The van der Waals surface area contributed by atoms with Gasteiger partial charge in [-0.3, -0.25) is 14.4 Å². The van der Waals surface area contributed by atoms with E-state index in [0.29, 0.717) is 28.1 Å². The Morgan fingerprint density at radius 3 is 2.39 bits per heavy atom. The standard InChI is InChI=1S/C34H38N2O8/c1-6-20(33(39)40)14-29(37)25-15-23(16-26(25)32(38)36-31(19(2)3)34(41)43-5)44-30-18-27(21-10-8-7-9-11-21)35-28-17-22(42-4)12-13-24(28)30/h7-13,16-20,23,25,31H,6,14-15H2,1-5H3,(H,36,38)(H,39,40)/t20-,23?,25?,31+/m1/s1. The van der Waals surface area contributed by atoms with Crippen LogP contribution in [0.3, 0.4) is 0 Å². The van der Waals surface area contributed by atoms with Gasteiger partial charge in [-0.15, -0.1) is 0 Å². The number of methoxy groups -OCH3 is 2. The third-order valence-electron chi connectivity index (χ3n) is 7.88. The van der Waals surface area contributed by atoms with Crippen LogP contribution in [0.1, 0.15) is 40.0 Å². The molecule has 1 amide bonds. The normalized spacial score (nSPS) is 17.5. The molecule has 1 heterocycles. The van der Waals surface area contributed by atoms with Gasteiger partial charge in [0.1, 0.15) is 29.4 Å². The number of ether oxygens (including phenoxy) is 3. The van der Waals surface area contributed by atoms with E-state index in [4.69, 9.17) is 19.2 Å². The Kier molecular flexibility index (Phi) is 10.4. The molecule has 0 spiro atoms. The van der Waals surface area contributed by atoms with Crippen molar-refractivity contribution in [1.82, 2.24) is 10.3 Å². The van der Waals surface area contributed by atoms with Crippen LogP contribution in [0.15, 0.2) is 66.2 Å². The maximum absolute atomic E-state index is 13.6. The van der Waals surface area contributed by atoms with Crippen LogP contribution < -0.4 is 14.8 Å². The molecule has 0 saturated heterocycles. The van der Waals surface area contributed by atoms with Crippen LogP contribution in [0.25, 0.3) is 22.2 Å². The lowest BCUT2D eigenvalue weighted by Crippen LogP contribution is -2.46. The molecule has 1 aliphatic carbocycles. The van der Waals surface area contributed by atoms with Gasteiger partial charge >= 0.3 is 11.9 Å². The largest absolute Gasteiger partial charge is 0.497 e.